The number of nitrogens with one attached hydrogen (secondary N) is 1. The number of para-hydroxylation sites is 1. The molecule has 33 heavy (non-hydrogen) atoms. The lowest BCUT2D eigenvalue weighted by molar-refractivity contribution is 0.0701. The van der Waals surface area contributed by atoms with Gasteiger partial charge >= 0.3 is 0 Å². The number of fused-ring (bicyclic) bond motifs is 1. The fourth-order valence-corrected chi connectivity index (χ4v) is 4.43. The average molecular weight is 441 g/mol. The Hall–Kier alpha value is -4.00. The molecule has 0 saturated carbocycles. The van der Waals surface area contributed by atoms with Gasteiger partial charge in [-0.15, -0.1) is 0 Å². The number of carbonyl (C=O) groups is 2. The first kappa shape index (κ1) is 20.9. The van der Waals surface area contributed by atoms with Crippen molar-refractivity contribution in [3.8, 4) is 11.1 Å². The summed E-state index contributed by atoms with van der Waals surface area (Å²) in [5.74, 6) is 0.0915. The van der Waals surface area contributed by atoms with Gasteiger partial charge in [0.05, 0.1) is 11.7 Å². The van der Waals surface area contributed by atoms with Gasteiger partial charge in [0.2, 0.25) is 0 Å². The molecule has 0 bridgehead atoms. The molecule has 0 spiro atoms. The van der Waals surface area contributed by atoms with E-state index < -0.39 is 0 Å². The molecule has 1 aromatic carbocycles. The number of hydrogen-bond donors (Lipinski definition) is 1. The molecule has 2 amide bonds. The molecule has 7 nitrogen and oxygen atoms in total. The molecule has 1 aliphatic rings. The highest BCUT2D eigenvalue weighted by Gasteiger charge is 2.34. The molecule has 1 aliphatic heterocycles. The van der Waals surface area contributed by atoms with Crippen molar-refractivity contribution < 1.29 is 14.0 Å². The van der Waals surface area contributed by atoms with E-state index in [0.717, 1.165) is 46.2 Å². The highest BCUT2D eigenvalue weighted by atomic mass is 16.3. The molecule has 1 fully saturated rings. The molecule has 0 radical (unpaired) electrons. The van der Waals surface area contributed by atoms with Gasteiger partial charge in [-0.05, 0) is 38.0 Å². The van der Waals surface area contributed by atoms with Crippen LogP contribution in [0.15, 0.2) is 65.3 Å². The summed E-state index contributed by atoms with van der Waals surface area (Å²) >= 11 is 0. The van der Waals surface area contributed by atoms with E-state index in [2.05, 4.69) is 15.3 Å². The molecule has 4 heterocycles. The van der Waals surface area contributed by atoms with Crippen molar-refractivity contribution >= 4 is 22.8 Å². The number of hydrogen-bond acceptors (Lipinski definition) is 5. The van der Waals surface area contributed by atoms with Crippen LogP contribution < -0.4 is 5.32 Å². The quantitative estimate of drug-likeness (QED) is 0.504. The second kappa shape index (κ2) is 8.50. The SMILES string of the molecule is CNC(=O)c1ccc(-c2ccc(C3CCCN3C(=O)c3oc4ccccc4c3C)nc2)cn1. The van der Waals surface area contributed by atoms with Crippen molar-refractivity contribution in [1.82, 2.24) is 20.2 Å². The van der Waals surface area contributed by atoms with Crippen LogP contribution in [0.25, 0.3) is 22.1 Å². The Morgan fingerprint density at radius 3 is 2.45 bits per heavy atom. The molecule has 0 aliphatic carbocycles. The number of nitrogens with zero attached hydrogens (tertiary/aromatic N) is 3. The topological polar surface area (TPSA) is 88.3 Å². The van der Waals surface area contributed by atoms with E-state index in [-0.39, 0.29) is 17.9 Å². The first-order valence-corrected chi connectivity index (χ1v) is 11.0. The number of carbonyl (C=O) groups excluding carboxylic acids is 2. The Balaban J connectivity index is 1.38. The Labute approximate surface area is 191 Å². The van der Waals surface area contributed by atoms with E-state index in [1.807, 2.05) is 54.3 Å². The largest absolute Gasteiger partial charge is 0.451 e. The van der Waals surface area contributed by atoms with E-state index >= 15 is 0 Å². The van der Waals surface area contributed by atoms with Crippen molar-refractivity contribution in [2.75, 3.05) is 13.6 Å². The molecule has 5 rings (SSSR count). The fraction of sp³-hybridized carbons (Fsp3) is 0.231. The maximum atomic E-state index is 13.4. The van der Waals surface area contributed by atoms with Gasteiger partial charge in [-0.3, -0.25) is 19.6 Å². The van der Waals surface area contributed by atoms with Gasteiger partial charge in [-0.25, -0.2) is 0 Å². The summed E-state index contributed by atoms with van der Waals surface area (Å²) < 4.78 is 5.92. The summed E-state index contributed by atoms with van der Waals surface area (Å²) in [6.45, 7) is 2.61. The first-order valence-electron chi connectivity index (χ1n) is 11.0. The van der Waals surface area contributed by atoms with Gasteiger partial charge in [0, 0.05) is 48.1 Å². The van der Waals surface area contributed by atoms with E-state index in [1.54, 1.807) is 25.5 Å². The van der Waals surface area contributed by atoms with Gasteiger partial charge in [0.25, 0.3) is 11.8 Å². The molecular weight excluding hydrogens is 416 g/mol. The molecule has 3 aromatic heterocycles. The number of furan rings is 1. The molecule has 4 aromatic rings. The zero-order valence-electron chi connectivity index (χ0n) is 18.5. The maximum Gasteiger partial charge on any atom is 0.290 e. The third-order valence-electron chi connectivity index (χ3n) is 6.24. The summed E-state index contributed by atoms with van der Waals surface area (Å²) in [5.41, 5.74) is 4.60. The summed E-state index contributed by atoms with van der Waals surface area (Å²) in [6.07, 6.45) is 5.24. The second-order valence-electron chi connectivity index (χ2n) is 8.19. The van der Waals surface area contributed by atoms with Gasteiger partial charge in [-0.1, -0.05) is 30.3 Å². The van der Waals surface area contributed by atoms with Crippen LogP contribution in [-0.4, -0.2) is 40.3 Å². The number of amides is 2. The number of rotatable bonds is 4. The van der Waals surface area contributed by atoms with E-state index in [0.29, 0.717) is 18.0 Å². The summed E-state index contributed by atoms with van der Waals surface area (Å²) in [4.78, 5) is 35.8. The lowest BCUT2D eigenvalue weighted by Gasteiger charge is -2.23. The highest BCUT2D eigenvalue weighted by Crippen LogP contribution is 2.35. The summed E-state index contributed by atoms with van der Waals surface area (Å²) in [6, 6.07) is 15.1. The first-order chi connectivity index (χ1) is 16.1. The molecule has 1 unspecified atom stereocenters. The van der Waals surface area contributed by atoms with Crippen LogP contribution in [0.2, 0.25) is 0 Å². The molecular formula is C26H24N4O3. The van der Waals surface area contributed by atoms with E-state index in [4.69, 9.17) is 4.42 Å². The molecule has 166 valence electrons. The minimum Gasteiger partial charge on any atom is -0.451 e. The lowest BCUT2D eigenvalue weighted by atomic mass is 10.1. The van der Waals surface area contributed by atoms with Gasteiger partial charge in [0.15, 0.2) is 5.76 Å². The van der Waals surface area contributed by atoms with E-state index in [1.165, 1.54) is 0 Å². The lowest BCUT2D eigenvalue weighted by Crippen LogP contribution is -2.31. The van der Waals surface area contributed by atoms with Gasteiger partial charge in [0.1, 0.15) is 11.3 Å². The molecule has 1 saturated heterocycles. The smallest absolute Gasteiger partial charge is 0.290 e. The Morgan fingerprint density at radius 1 is 1.03 bits per heavy atom. The zero-order valence-corrected chi connectivity index (χ0v) is 18.5. The van der Waals surface area contributed by atoms with Crippen LogP contribution in [0.3, 0.4) is 0 Å². The second-order valence-corrected chi connectivity index (χ2v) is 8.19. The van der Waals surface area contributed by atoms with Gasteiger partial charge < -0.3 is 14.6 Å². The van der Waals surface area contributed by atoms with Crippen LogP contribution >= 0.6 is 0 Å². The Kier molecular flexibility index (Phi) is 5.38. The van der Waals surface area contributed by atoms with Crippen molar-refractivity contribution in [2.45, 2.75) is 25.8 Å². The fourth-order valence-electron chi connectivity index (χ4n) is 4.43. The van der Waals surface area contributed by atoms with Crippen molar-refractivity contribution in [1.29, 1.82) is 0 Å². The van der Waals surface area contributed by atoms with Crippen molar-refractivity contribution in [2.24, 2.45) is 0 Å². The Morgan fingerprint density at radius 2 is 1.79 bits per heavy atom. The average Bonchev–Trinajstić information content (AvgIpc) is 3.49. The minimum absolute atomic E-state index is 0.0899. The third kappa shape index (κ3) is 3.75. The van der Waals surface area contributed by atoms with Crippen LogP contribution in [0, 0.1) is 6.92 Å². The maximum absolute atomic E-state index is 13.4. The highest BCUT2D eigenvalue weighted by molar-refractivity contribution is 5.99. The van der Waals surface area contributed by atoms with Crippen LogP contribution in [0.4, 0.5) is 0 Å². The Bertz CT molecular complexity index is 1330. The minimum atomic E-state index is -0.222. The third-order valence-corrected chi connectivity index (χ3v) is 6.24. The number of benzene rings is 1. The zero-order chi connectivity index (χ0) is 22.9. The normalized spacial score (nSPS) is 15.7. The number of likely N-dealkylation sites (tertiary alicyclic amines) is 1. The van der Waals surface area contributed by atoms with Crippen molar-refractivity contribution in [3.05, 3.63) is 83.6 Å². The monoisotopic (exact) mass is 440 g/mol. The molecule has 7 heteroatoms. The standard InChI is InChI=1S/C26H24N4O3/c1-16-19-6-3-4-8-23(19)33-24(16)26(32)30-13-5-7-22(30)20-11-9-17(14-28-20)18-10-12-21(29-15-18)25(31)27-2/h3-4,6,8-12,14-15,22H,5,7,13H2,1-2H3,(H,27,31). The predicted molar refractivity (Wildman–Crippen MR) is 125 cm³/mol. The van der Waals surface area contributed by atoms with Crippen LogP contribution in [0.5, 0.6) is 0 Å². The molecule has 1 N–H and O–H groups in total. The summed E-state index contributed by atoms with van der Waals surface area (Å²) in [5, 5.41) is 3.53. The van der Waals surface area contributed by atoms with Gasteiger partial charge in [-0.2, -0.15) is 0 Å². The number of pyridine rings is 2. The van der Waals surface area contributed by atoms with Crippen LogP contribution in [-0.2, 0) is 0 Å². The number of aromatic nitrogens is 2. The van der Waals surface area contributed by atoms with Crippen molar-refractivity contribution in [3.63, 3.8) is 0 Å². The van der Waals surface area contributed by atoms with E-state index in [9.17, 15) is 9.59 Å². The summed E-state index contributed by atoms with van der Waals surface area (Å²) in [7, 11) is 1.58. The predicted octanol–water partition coefficient (Wildman–Crippen LogP) is 4.54. The van der Waals surface area contributed by atoms with Crippen LogP contribution in [0.1, 0.15) is 51.2 Å². The molecule has 1 atom stereocenters. The number of aryl methyl sites for hydroxylation is 1.